The summed E-state index contributed by atoms with van der Waals surface area (Å²) in [5, 5.41) is 11.0. The van der Waals surface area contributed by atoms with Gasteiger partial charge in [0, 0.05) is 24.5 Å². The van der Waals surface area contributed by atoms with E-state index in [0.717, 1.165) is 31.2 Å². The van der Waals surface area contributed by atoms with Crippen LogP contribution in [0.2, 0.25) is 5.02 Å². The number of Topliss-reactive ketones (excluding diaryl/α,β-unsaturated/α-hetero) is 1. The van der Waals surface area contributed by atoms with E-state index in [4.69, 9.17) is 11.6 Å². The number of benzene rings is 1. The minimum absolute atomic E-state index is 0.0130. The molecule has 19 heavy (non-hydrogen) atoms. The summed E-state index contributed by atoms with van der Waals surface area (Å²) in [7, 11) is 0. The molecule has 0 saturated heterocycles. The van der Waals surface area contributed by atoms with Crippen molar-refractivity contribution in [1.82, 2.24) is 0 Å². The van der Waals surface area contributed by atoms with E-state index < -0.39 is 4.92 Å². The monoisotopic (exact) mass is 281 g/mol. The average molecular weight is 282 g/mol. The molecular formula is C14H16ClNO3. The molecule has 0 heterocycles. The van der Waals surface area contributed by atoms with Gasteiger partial charge in [0.15, 0.2) is 0 Å². The molecule has 0 bridgehead atoms. The molecule has 1 aliphatic carbocycles. The molecule has 2 rings (SSSR count). The molecule has 1 atom stereocenters. The largest absolute Gasteiger partial charge is 0.299 e. The maximum Gasteiger partial charge on any atom is 0.270 e. The normalized spacial score (nSPS) is 20.1. The molecule has 1 fully saturated rings. The van der Waals surface area contributed by atoms with Gasteiger partial charge < -0.3 is 0 Å². The summed E-state index contributed by atoms with van der Waals surface area (Å²) < 4.78 is 0. The highest BCUT2D eigenvalue weighted by Gasteiger charge is 2.22. The van der Waals surface area contributed by atoms with Crippen molar-refractivity contribution in [3.63, 3.8) is 0 Å². The molecule has 4 nitrogen and oxygen atoms in total. The highest BCUT2D eigenvalue weighted by molar-refractivity contribution is 6.31. The summed E-state index contributed by atoms with van der Waals surface area (Å²) in [6, 6.07) is 4.47. The van der Waals surface area contributed by atoms with Gasteiger partial charge in [-0.2, -0.15) is 0 Å². The smallest absolute Gasteiger partial charge is 0.270 e. The van der Waals surface area contributed by atoms with Gasteiger partial charge in [-0.1, -0.05) is 30.5 Å². The first kappa shape index (κ1) is 14.0. The zero-order chi connectivity index (χ0) is 13.8. The van der Waals surface area contributed by atoms with Crippen LogP contribution in [-0.4, -0.2) is 10.7 Å². The Balaban J connectivity index is 2.14. The molecule has 0 N–H and O–H groups in total. The molecule has 0 radical (unpaired) electrons. The van der Waals surface area contributed by atoms with E-state index in [-0.39, 0.29) is 11.6 Å². The molecule has 0 amide bonds. The van der Waals surface area contributed by atoms with Crippen molar-refractivity contribution in [3.8, 4) is 0 Å². The summed E-state index contributed by atoms with van der Waals surface area (Å²) in [5.74, 6) is 0.313. The van der Waals surface area contributed by atoms with Crippen LogP contribution < -0.4 is 0 Å². The van der Waals surface area contributed by atoms with E-state index in [1.54, 1.807) is 6.07 Å². The van der Waals surface area contributed by atoms with E-state index in [0.29, 0.717) is 23.6 Å². The van der Waals surface area contributed by atoms with Crippen molar-refractivity contribution in [2.75, 3.05) is 0 Å². The van der Waals surface area contributed by atoms with E-state index >= 15 is 0 Å². The van der Waals surface area contributed by atoms with E-state index in [9.17, 15) is 14.9 Å². The number of nitrogens with zero attached hydrogens (tertiary/aromatic N) is 1. The first-order valence-electron chi connectivity index (χ1n) is 6.53. The predicted octanol–water partition coefficient (Wildman–Crippen LogP) is 3.94. The number of ketones is 1. The molecule has 1 aromatic carbocycles. The molecular weight excluding hydrogens is 266 g/mol. The van der Waals surface area contributed by atoms with Gasteiger partial charge >= 0.3 is 0 Å². The number of halogens is 1. The van der Waals surface area contributed by atoms with Gasteiger partial charge in [-0.15, -0.1) is 0 Å². The molecule has 5 heteroatoms. The minimum Gasteiger partial charge on any atom is -0.299 e. The lowest BCUT2D eigenvalue weighted by Gasteiger charge is -2.13. The van der Waals surface area contributed by atoms with E-state index in [1.165, 1.54) is 12.1 Å². The molecule has 0 aromatic heterocycles. The van der Waals surface area contributed by atoms with Crippen LogP contribution in [-0.2, 0) is 11.2 Å². The number of carbonyl (C=O) groups is 1. The van der Waals surface area contributed by atoms with Gasteiger partial charge in [-0.05, 0) is 24.8 Å². The Kier molecular flexibility index (Phi) is 4.53. The van der Waals surface area contributed by atoms with Crippen LogP contribution in [0.15, 0.2) is 18.2 Å². The van der Waals surface area contributed by atoms with Crippen molar-refractivity contribution in [2.45, 2.75) is 38.5 Å². The highest BCUT2D eigenvalue weighted by atomic mass is 35.5. The third-order valence-corrected chi connectivity index (χ3v) is 4.00. The Morgan fingerprint density at radius 3 is 2.79 bits per heavy atom. The van der Waals surface area contributed by atoms with Gasteiger partial charge in [0.2, 0.25) is 0 Å². The Hall–Kier alpha value is -1.42. The molecule has 1 saturated carbocycles. The van der Waals surface area contributed by atoms with Crippen molar-refractivity contribution in [3.05, 3.63) is 38.9 Å². The Labute approximate surface area is 116 Å². The second-order valence-electron chi connectivity index (χ2n) is 5.00. The fraction of sp³-hybridized carbons (Fsp3) is 0.500. The second kappa shape index (κ2) is 6.15. The molecule has 0 aliphatic heterocycles. The van der Waals surface area contributed by atoms with Gasteiger partial charge in [0.1, 0.15) is 5.78 Å². The number of hydrogen-bond acceptors (Lipinski definition) is 3. The fourth-order valence-corrected chi connectivity index (χ4v) is 2.78. The first-order chi connectivity index (χ1) is 9.08. The van der Waals surface area contributed by atoms with Crippen molar-refractivity contribution < 1.29 is 9.72 Å². The molecule has 102 valence electrons. The molecule has 1 aromatic rings. The van der Waals surface area contributed by atoms with Crippen molar-refractivity contribution >= 4 is 23.1 Å². The lowest BCUT2D eigenvalue weighted by molar-refractivity contribution is -0.384. The number of non-ortho nitro benzene ring substituents is 1. The number of rotatable bonds is 3. The number of nitro benzene ring substituents is 1. The Morgan fingerprint density at radius 2 is 2.11 bits per heavy atom. The molecule has 1 unspecified atom stereocenters. The van der Waals surface area contributed by atoms with Crippen LogP contribution in [0.5, 0.6) is 0 Å². The van der Waals surface area contributed by atoms with Crippen LogP contribution in [0.3, 0.4) is 0 Å². The maximum atomic E-state index is 12.0. The summed E-state index contributed by atoms with van der Waals surface area (Å²) in [5.41, 5.74) is 0.813. The lowest BCUT2D eigenvalue weighted by atomic mass is 9.91. The predicted molar refractivity (Wildman–Crippen MR) is 73.4 cm³/mol. The molecule has 1 aliphatic rings. The quantitative estimate of drug-likeness (QED) is 0.479. The second-order valence-corrected chi connectivity index (χ2v) is 5.41. The van der Waals surface area contributed by atoms with Crippen LogP contribution >= 0.6 is 11.6 Å². The zero-order valence-corrected chi connectivity index (χ0v) is 11.4. The van der Waals surface area contributed by atoms with Crippen LogP contribution in [0.25, 0.3) is 0 Å². The molecule has 0 spiro atoms. The van der Waals surface area contributed by atoms with Crippen LogP contribution in [0, 0.1) is 16.0 Å². The van der Waals surface area contributed by atoms with E-state index in [1.807, 2.05) is 0 Å². The highest BCUT2D eigenvalue weighted by Crippen LogP contribution is 2.28. The third kappa shape index (κ3) is 3.53. The topological polar surface area (TPSA) is 60.2 Å². The van der Waals surface area contributed by atoms with Gasteiger partial charge in [0.25, 0.3) is 5.69 Å². The van der Waals surface area contributed by atoms with Gasteiger partial charge in [-0.25, -0.2) is 0 Å². The maximum absolute atomic E-state index is 12.0. The summed E-state index contributed by atoms with van der Waals surface area (Å²) >= 11 is 6.07. The van der Waals surface area contributed by atoms with E-state index in [2.05, 4.69) is 0 Å². The third-order valence-electron chi connectivity index (χ3n) is 3.64. The van der Waals surface area contributed by atoms with Gasteiger partial charge in [-0.3, -0.25) is 14.9 Å². The Bertz CT molecular complexity index is 501. The summed E-state index contributed by atoms with van der Waals surface area (Å²) in [4.78, 5) is 22.1. The minimum atomic E-state index is -0.466. The van der Waals surface area contributed by atoms with Crippen molar-refractivity contribution in [2.24, 2.45) is 5.92 Å². The SMILES string of the molecule is O=C1CCCCCC1Cc1ccc([N+](=O)[O-])cc1Cl. The lowest BCUT2D eigenvalue weighted by Crippen LogP contribution is -2.15. The van der Waals surface area contributed by atoms with Gasteiger partial charge in [0.05, 0.1) is 9.95 Å². The van der Waals surface area contributed by atoms with Crippen LogP contribution in [0.4, 0.5) is 5.69 Å². The van der Waals surface area contributed by atoms with Crippen LogP contribution in [0.1, 0.15) is 37.7 Å². The summed E-state index contributed by atoms with van der Waals surface area (Å²) in [6.07, 6.45) is 5.29. The standard InChI is InChI=1S/C14H16ClNO3/c15-13-9-12(16(18)19)7-6-10(13)8-11-4-2-1-3-5-14(11)17/h6-7,9,11H,1-5,8H2. The zero-order valence-electron chi connectivity index (χ0n) is 10.6. The first-order valence-corrected chi connectivity index (χ1v) is 6.91. The number of hydrogen-bond donors (Lipinski definition) is 0. The fourth-order valence-electron chi connectivity index (χ4n) is 2.53. The number of nitro groups is 1. The van der Waals surface area contributed by atoms with Crippen molar-refractivity contribution in [1.29, 1.82) is 0 Å². The summed E-state index contributed by atoms with van der Waals surface area (Å²) in [6.45, 7) is 0. The number of carbonyl (C=O) groups excluding carboxylic acids is 1. The Morgan fingerprint density at radius 1 is 1.32 bits per heavy atom. The average Bonchev–Trinajstić information content (AvgIpc) is 2.57.